The lowest BCUT2D eigenvalue weighted by molar-refractivity contribution is -0.112. The van der Waals surface area contributed by atoms with Crippen molar-refractivity contribution < 1.29 is 9.53 Å². The lowest BCUT2D eigenvalue weighted by Crippen LogP contribution is -2.14. The first kappa shape index (κ1) is 19.6. The molecular formula is C21H21ClN2O2. The third kappa shape index (κ3) is 5.37. The summed E-state index contributed by atoms with van der Waals surface area (Å²) in [5.41, 5.74) is 2.18. The predicted octanol–water partition coefficient (Wildman–Crippen LogP) is 5.37. The first-order valence-corrected chi connectivity index (χ1v) is 8.84. The van der Waals surface area contributed by atoms with Crippen molar-refractivity contribution in [1.29, 1.82) is 5.26 Å². The van der Waals surface area contributed by atoms with Crippen LogP contribution in [0.5, 0.6) is 5.75 Å². The van der Waals surface area contributed by atoms with Crippen molar-refractivity contribution in [1.82, 2.24) is 0 Å². The summed E-state index contributed by atoms with van der Waals surface area (Å²) < 4.78 is 5.75. The van der Waals surface area contributed by atoms with E-state index in [-0.39, 0.29) is 5.57 Å². The number of benzene rings is 2. The van der Waals surface area contributed by atoms with Gasteiger partial charge in [0.25, 0.3) is 5.91 Å². The Labute approximate surface area is 159 Å². The number of hydrogen-bond acceptors (Lipinski definition) is 3. The summed E-state index contributed by atoms with van der Waals surface area (Å²) in [6, 6.07) is 14.5. The van der Waals surface area contributed by atoms with Gasteiger partial charge in [0.1, 0.15) is 17.4 Å². The second-order valence-electron chi connectivity index (χ2n) is 5.82. The minimum Gasteiger partial charge on any atom is -0.493 e. The molecule has 0 fully saturated rings. The fourth-order valence-corrected chi connectivity index (χ4v) is 2.48. The van der Waals surface area contributed by atoms with Gasteiger partial charge in [-0.2, -0.15) is 5.26 Å². The Morgan fingerprint density at radius 3 is 2.77 bits per heavy atom. The quantitative estimate of drug-likeness (QED) is 0.405. The van der Waals surface area contributed by atoms with Gasteiger partial charge in [-0.3, -0.25) is 4.79 Å². The topological polar surface area (TPSA) is 62.1 Å². The Morgan fingerprint density at radius 2 is 2.08 bits per heavy atom. The maximum atomic E-state index is 12.5. The van der Waals surface area contributed by atoms with Gasteiger partial charge in [0.05, 0.1) is 6.61 Å². The molecule has 0 aliphatic carbocycles. The van der Waals surface area contributed by atoms with Crippen LogP contribution in [0.1, 0.15) is 30.9 Å². The summed E-state index contributed by atoms with van der Waals surface area (Å²) >= 11 is 6.07. The van der Waals surface area contributed by atoms with E-state index in [1.54, 1.807) is 24.3 Å². The largest absolute Gasteiger partial charge is 0.493 e. The molecule has 1 N–H and O–H groups in total. The fraction of sp³-hybridized carbons (Fsp3) is 0.238. The number of para-hydroxylation sites is 1. The summed E-state index contributed by atoms with van der Waals surface area (Å²) in [7, 11) is 0. The molecule has 0 saturated carbocycles. The molecule has 0 aliphatic heterocycles. The molecule has 5 heteroatoms. The number of anilines is 1. The van der Waals surface area contributed by atoms with Gasteiger partial charge in [0.2, 0.25) is 0 Å². The number of hydrogen-bond donors (Lipinski definition) is 1. The Kier molecular flexibility index (Phi) is 7.25. The molecule has 0 unspecified atom stereocenters. The number of rotatable bonds is 7. The van der Waals surface area contributed by atoms with Crippen molar-refractivity contribution in [2.45, 2.75) is 26.7 Å². The molecule has 134 valence electrons. The van der Waals surface area contributed by atoms with E-state index in [9.17, 15) is 10.1 Å². The van der Waals surface area contributed by atoms with Crippen molar-refractivity contribution in [2.75, 3.05) is 11.9 Å². The molecule has 2 aromatic carbocycles. The zero-order chi connectivity index (χ0) is 18.9. The van der Waals surface area contributed by atoms with Crippen LogP contribution in [-0.2, 0) is 4.79 Å². The molecular weight excluding hydrogens is 348 g/mol. The van der Waals surface area contributed by atoms with Crippen LogP contribution in [-0.4, -0.2) is 12.5 Å². The van der Waals surface area contributed by atoms with E-state index in [0.29, 0.717) is 28.6 Å². The number of unbranched alkanes of at least 4 members (excludes halogenated alkanes) is 1. The lowest BCUT2D eigenvalue weighted by atomic mass is 10.1. The second-order valence-corrected chi connectivity index (χ2v) is 6.26. The Bertz CT molecular complexity index is 853. The SMILES string of the molecule is CCCCOc1ccc(Cl)cc1/C=C(/C#N)C(=O)Nc1ccccc1C. The zero-order valence-corrected chi connectivity index (χ0v) is 15.6. The molecule has 0 aromatic heterocycles. The summed E-state index contributed by atoms with van der Waals surface area (Å²) in [4.78, 5) is 12.5. The molecule has 0 atom stereocenters. The van der Waals surface area contributed by atoms with Gasteiger partial charge in [-0.15, -0.1) is 0 Å². The first-order valence-electron chi connectivity index (χ1n) is 8.46. The number of ether oxygens (including phenoxy) is 1. The normalized spacial score (nSPS) is 10.9. The molecule has 0 spiro atoms. The maximum Gasteiger partial charge on any atom is 0.266 e. The highest BCUT2D eigenvalue weighted by molar-refractivity contribution is 6.30. The van der Waals surface area contributed by atoms with Gasteiger partial charge in [0.15, 0.2) is 0 Å². The average Bonchev–Trinajstić information content (AvgIpc) is 2.63. The number of nitriles is 1. The Morgan fingerprint density at radius 1 is 1.31 bits per heavy atom. The molecule has 0 aliphatic rings. The zero-order valence-electron chi connectivity index (χ0n) is 14.9. The molecule has 4 nitrogen and oxygen atoms in total. The molecule has 26 heavy (non-hydrogen) atoms. The van der Waals surface area contributed by atoms with Crippen LogP contribution in [0.15, 0.2) is 48.0 Å². The van der Waals surface area contributed by atoms with Gasteiger partial charge in [-0.05, 0) is 49.2 Å². The molecule has 1 amide bonds. The van der Waals surface area contributed by atoms with Crippen LogP contribution < -0.4 is 10.1 Å². The van der Waals surface area contributed by atoms with Gasteiger partial charge < -0.3 is 10.1 Å². The van der Waals surface area contributed by atoms with Crippen LogP contribution in [0.2, 0.25) is 5.02 Å². The fourth-order valence-electron chi connectivity index (χ4n) is 2.30. The van der Waals surface area contributed by atoms with E-state index in [1.165, 1.54) is 6.08 Å². The highest BCUT2D eigenvalue weighted by atomic mass is 35.5. The van der Waals surface area contributed by atoms with Gasteiger partial charge in [-0.1, -0.05) is 43.1 Å². The Balaban J connectivity index is 2.27. The monoisotopic (exact) mass is 368 g/mol. The lowest BCUT2D eigenvalue weighted by Gasteiger charge is -2.10. The van der Waals surface area contributed by atoms with E-state index in [0.717, 1.165) is 18.4 Å². The summed E-state index contributed by atoms with van der Waals surface area (Å²) in [5.74, 6) is 0.126. The van der Waals surface area contributed by atoms with Crippen LogP contribution in [0.25, 0.3) is 6.08 Å². The summed E-state index contributed by atoms with van der Waals surface area (Å²) in [5, 5.41) is 12.7. The number of carbonyl (C=O) groups is 1. The number of aryl methyl sites for hydroxylation is 1. The molecule has 0 radical (unpaired) electrons. The molecule has 0 saturated heterocycles. The van der Waals surface area contributed by atoms with Crippen molar-refractivity contribution in [2.24, 2.45) is 0 Å². The number of nitrogens with zero attached hydrogens (tertiary/aromatic N) is 1. The molecule has 2 aromatic rings. The number of nitrogens with one attached hydrogen (secondary N) is 1. The van der Waals surface area contributed by atoms with Crippen LogP contribution in [0.3, 0.4) is 0 Å². The van der Waals surface area contributed by atoms with E-state index < -0.39 is 5.91 Å². The van der Waals surface area contributed by atoms with Gasteiger partial charge in [-0.25, -0.2) is 0 Å². The minimum atomic E-state index is -0.471. The molecule has 0 heterocycles. The van der Waals surface area contributed by atoms with Crippen molar-refractivity contribution in [3.63, 3.8) is 0 Å². The number of amides is 1. The third-order valence-electron chi connectivity index (χ3n) is 3.79. The van der Waals surface area contributed by atoms with Crippen molar-refractivity contribution >= 4 is 29.3 Å². The minimum absolute atomic E-state index is 0.0177. The van der Waals surface area contributed by atoms with Crippen molar-refractivity contribution in [3.05, 3.63) is 64.2 Å². The average molecular weight is 369 g/mol. The highest BCUT2D eigenvalue weighted by Gasteiger charge is 2.12. The number of halogens is 1. The van der Waals surface area contributed by atoms with Crippen LogP contribution in [0, 0.1) is 18.3 Å². The third-order valence-corrected chi connectivity index (χ3v) is 4.02. The van der Waals surface area contributed by atoms with Gasteiger partial charge >= 0.3 is 0 Å². The predicted molar refractivity (Wildman–Crippen MR) is 105 cm³/mol. The second kappa shape index (κ2) is 9.65. The van der Waals surface area contributed by atoms with E-state index in [2.05, 4.69) is 12.2 Å². The number of carbonyl (C=O) groups excluding carboxylic acids is 1. The smallest absolute Gasteiger partial charge is 0.266 e. The summed E-state index contributed by atoms with van der Waals surface area (Å²) in [6.07, 6.45) is 3.44. The highest BCUT2D eigenvalue weighted by Crippen LogP contribution is 2.26. The van der Waals surface area contributed by atoms with Gasteiger partial charge in [0, 0.05) is 16.3 Å². The van der Waals surface area contributed by atoms with Crippen LogP contribution in [0.4, 0.5) is 5.69 Å². The molecule has 2 rings (SSSR count). The standard InChI is InChI=1S/C21H21ClN2O2/c1-3-4-11-26-20-10-9-18(22)13-16(20)12-17(14-23)21(25)24-19-8-6-5-7-15(19)2/h5-10,12-13H,3-4,11H2,1-2H3,(H,24,25)/b17-12-. The van der Waals surface area contributed by atoms with Crippen LogP contribution >= 0.6 is 11.6 Å². The van der Waals surface area contributed by atoms with E-state index in [4.69, 9.17) is 16.3 Å². The van der Waals surface area contributed by atoms with E-state index in [1.807, 2.05) is 31.2 Å². The first-order chi connectivity index (χ1) is 12.5. The van der Waals surface area contributed by atoms with Crippen molar-refractivity contribution in [3.8, 4) is 11.8 Å². The Hall–Kier alpha value is -2.77. The summed E-state index contributed by atoms with van der Waals surface area (Å²) in [6.45, 7) is 4.54. The maximum absolute atomic E-state index is 12.5. The van der Waals surface area contributed by atoms with E-state index >= 15 is 0 Å². The molecule has 0 bridgehead atoms.